The molecule has 1 aromatic heterocycles. The number of aliphatic carboxylic acids is 1. The van der Waals surface area contributed by atoms with E-state index in [2.05, 4.69) is 11.6 Å². The van der Waals surface area contributed by atoms with Gasteiger partial charge in [0.25, 0.3) is 0 Å². The summed E-state index contributed by atoms with van der Waals surface area (Å²) in [7, 11) is 0. The van der Waals surface area contributed by atoms with Crippen LogP contribution in [0, 0.1) is 11.7 Å². The van der Waals surface area contributed by atoms with E-state index in [1.54, 1.807) is 19.9 Å². The number of benzene rings is 3. The Morgan fingerprint density at radius 3 is 2.31 bits per heavy atom. The number of rotatable bonds is 8. The maximum absolute atomic E-state index is 13.6. The molecule has 0 radical (unpaired) electrons. The van der Waals surface area contributed by atoms with E-state index in [1.807, 2.05) is 36.4 Å². The molecule has 0 aliphatic carbocycles. The minimum Gasteiger partial charge on any atom is -0.480 e. The van der Waals surface area contributed by atoms with Crippen LogP contribution in [0.25, 0.3) is 21.7 Å². The van der Waals surface area contributed by atoms with Gasteiger partial charge in [0.1, 0.15) is 11.2 Å². The normalized spacial score (nSPS) is 16.1. The van der Waals surface area contributed by atoms with E-state index in [4.69, 9.17) is 0 Å². The Hall–Kier alpha value is -3.61. The van der Waals surface area contributed by atoms with E-state index in [1.165, 1.54) is 36.5 Å². The minimum atomic E-state index is -1.82. The molecule has 0 aliphatic heterocycles. The highest BCUT2D eigenvalue weighted by molar-refractivity contribution is 6.05. The molecular formula is C29H28FNO4. The molecule has 1 heterocycles. The van der Waals surface area contributed by atoms with Gasteiger partial charge in [-0.05, 0) is 40.6 Å². The van der Waals surface area contributed by atoms with Crippen LogP contribution < -0.4 is 0 Å². The van der Waals surface area contributed by atoms with Gasteiger partial charge >= 0.3 is 5.97 Å². The lowest BCUT2D eigenvalue weighted by Gasteiger charge is -2.42. The Morgan fingerprint density at radius 2 is 1.69 bits per heavy atom. The zero-order valence-corrected chi connectivity index (χ0v) is 19.6. The highest BCUT2D eigenvalue weighted by Gasteiger charge is 2.54. The lowest BCUT2D eigenvalue weighted by atomic mass is 9.63. The summed E-state index contributed by atoms with van der Waals surface area (Å²) in [5.41, 5.74) is -0.378. The molecule has 3 aromatic carbocycles. The van der Waals surface area contributed by atoms with Crippen molar-refractivity contribution in [2.24, 2.45) is 5.92 Å². The molecule has 5 nitrogen and oxygen atoms in total. The summed E-state index contributed by atoms with van der Waals surface area (Å²) in [5.74, 6) is -3.38. The standard InChI is InChI=1S/C29H28FNO4/c1-4-24(32)25(19-11-13-22(30)14-12-19)27(33)29(17(2)3,28(34)35)21-15-20-10-9-18-7-5-6-8-23(18)26(20)31-16-21/h4-17,24-25,27,32-33H,1H2,2-3H3,(H,34,35). The number of aromatic nitrogens is 1. The van der Waals surface area contributed by atoms with Gasteiger partial charge in [0.15, 0.2) is 0 Å². The molecule has 4 rings (SSSR count). The first-order valence-electron chi connectivity index (χ1n) is 11.5. The van der Waals surface area contributed by atoms with Gasteiger partial charge in [0, 0.05) is 22.9 Å². The molecule has 6 heteroatoms. The molecule has 0 saturated heterocycles. The molecular weight excluding hydrogens is 445 g/mol. The van der Waals surface area contributed by atoms with Crippen molar-refractivity contribution in [2.75, 3.05) is 0 Å². The van der Waals surface area contributed by atoms with Crippen molar-refractivity contribution >= 4 is 27.6 Å². The van der Waals surface area contributed by atoms with Crippen molar-refractivity contribution in [1.29, 1.82) is 0 Å². The van der Waals surface area contributed by atoms with Gasteiger partial charge in [-0.2, -0.15) is 0 Å². The zero-order chi connectivity index (χ0) is 25.3. The number of carboxylic acid groups (broad SMARTS) is 1. The van der Waals surface area contributed by atoms with Gasteiger partial charge in [-0.25, -0.2) is 4.39 Å². The van der Waals surface area contributed by atoms with Crippen LogP contribution in [-0.4, -0.2) is 38.5 Å². The number of halogens is 1. The molecule has 180 valence electrons. The largest absolute Gasteiger partial charge is 0.480 e. The van der Waals surface area contributed by atoms with Crippen LogP contribution in [0.3, 0.4) is 0 Å². The Morgan fingerprint density at radius 1 is 1.03 bits per heavy atom. The van der Waals surface area contributed by atoms with Crippen LogP contribution in [-0.2, 0) is 10.2 Å². The second-order valence-corrected chi connectivity index (χ2v) is 9.16. The third-order valence-electron chi connectivity index (χ3n) is 6.99. The monoisotopic (exact) mass is 473 g/mol. The lowest BCUT2D eigenvalue weighted by molar-refractivity contribution is -0.153. The Balaban J connectivity index is 1.94. The van der Waals surface area contributed by atoms with Crippen LogP contribution in [0.1, 0.15) is 30.9 Å². The Kier molecular flexibility index (Phi) is 6.70. The molecule has 0 bridgehead atoms. The van der Waals surface area contributed by atoms with Gasteiger partial charge in [-0.1, -0.05) is 68.5 Å². The minimum absolute atomic E-state index is 0.318. The highest BCUT2D eigenvalue weighted by atomic mass is 19.1. The van der Waals surface area contributed by atoms with E-state index in [-0.39, 0.29) is 0 Å². The molecule has 0 saturated carbocycles. The number of aliphatic hydroxyl groups excluding tert-OH is 2. The Bertz CT molecular complexity index is 1380. The SMILES string of the molecule is C=CC(O)C(c1ccc(F)cc1)C(O)C(C(=O)O)(c1cnc2c(ccc3ccccc32)c1)C(C)C. The van der Waals surface area contributed by atoms with Crippen LogP contribution in [0.15, 0.2) is 85.6 Å². The first kappa shape index (κ1) is 24.5. The number of nitrogens with zero attached hydrogens (tertiary/aromatic N) is 1. The summed E-state index contributed by atoms with van der Waals surface area (Å²) in [5, 5.41) is 35.9. The van der Waals surface area contributed by atoms with E-state index < -0.39 is 41.2 Å². The fraction of sp³-hybridized carbons (Fsp3) is 0.241. The zero-order valence-electron chi connectivity index (χ0n) is 19.6. The van der Waals surface area contributed by atoms with Gasteiger partial charge < -0.3 is 15.3 Å². The van der Waals surface area contributed by atoms with Crippen molar-refractivity contribution < 1.29 is 24.5 Å². The number of fused-ring (bicyclic) bond motifs is 3. The van der Waals surface area contributed by atoms with E-state index in [9.17, 15) is 24.5 Å². The summed E-state index contributed by atoms with van der Waals surface area (Å²) < 4.78 is 13.6. The van der Waals surface area contributed by atoms with Crippen LogP contribution in [0.5, 0.6) is 0 Å². The third kappa shape index (κ3) is 4.09. The molecule has 4 unspecified atom stereocenters. The van der Waals surface area contributed by atoms with Gasteiger partial charge in [-0.3, -0.25) is 9.78 Å². The number of hydrogen-bond acceptors (Lipinski definition) is 4. The number of aliphatic hydroxyl groups is 2. The molecule has 0 amide bonds. The quantitative estimate of drug-likeness (QED) is 0.242. The first-order chi connectivity index (χ1) is 16.7. The molecule has 0 spiro atoms. The molecule has 0 fully saturated rings. The van der Waals surface area contributed by atoms with Crippen molar-refractivity contribution in [3.05, 3.63) is 103 Å². The summed E-state index contributed by atoms with van der Waals surface area (Å²) in [4.78, 5) is 17.6. The highest BCUT2D eigenvalue weighted by Crippen LogP contribution is 2.44. The van der Waals surface area contributed by atoms with E-state index >= 15 is 0 Å². The lowest BCUT2D eigenvalue weighted by Crippen LogP contribution is -2.55. The second-order valence-electron chi connectivity index (χ2n) is 9.16. The summed E-state index contributed by atoms with van der Waals surface area (Å²) in [6.45, 7) is 7.05. The molecule has 35 heavy (non-hydrogen) atoms. The number of carboxylic acids is 1. The topological polar surface area (TPSA) is 90.7 Å². The molecule has 4 aromatic rings. The maximum atomic E-state index is 13.6. The van der Waals surface area contributed by atoms with Gasteiger partial charge in [-0.15, -0.1) is 6.58 Å². The van der Waals surface area contributed by atoms with Gasteiger partial charge in [0.05, 0.1) is 17.7 Å². The van der Waals surface area contributed by atoms with Crippen molar-refractivity contribution in [1.82, 2.24) is 4.98 Å². The van der Waals surface area contributed by atoms with E-state index in [0.717, 1.165) is 21.7 Å². The average Bonchev–Trinajstić information content (AvgIpc) is 2.85. The first-order valence-corrected chi connectivity index (χ1v) is 11.5. The molecule has 3 N–H and O–H groups in total. The van der Waals surface area contributed by atoms with Crippen LogP contribution in [0.4, 0.5) is 4.39 Å². The predicted molar refractivity (Wildman–Crippen MR) is 135 cm³/mol. The number of carbonyl (C=O) groups is 1. The summed E-state index contributed by atoms with van der Waals surface area (Å²) in [6.07, 6.45) is -0.119. The average molecular weight is 474 g/mol. The predicted octanol–water partition coefficient (Wildman–Crippen LogP) is 5.20. The van der Waals surface area contributed by atoms with Gasteiger partial charge in [0.2, 0.25) is 0 Å². The van der Waals surface area contributed by atoms with Crippen molar-refractivity contribution in [2.45, 2.75) is 37.4 Å². The van der Waals surface area contributed by atoms with Crippen LogP contribution in [0.2, 0.25) is 0 Å². The van der Waals surface area contributed by atoms with Crippen LogP contribution >= 0.6 is 0 Å². The van der Waals surface area contributed by atoms with Crippen molar-refractivity contribution in [3.63, 3.8) is 0 Å². The number of hydrogen-bond donors (Lipinski definition) is 3. The smallest absolute Gasteiger partial charge is 0.317 e. The van der Waals surface area contributed by atoms with E-state index in [0.29, 0.717) is 11.1 Å². The fourth-order valence-corrected chi connectivity index (χ4v) is 5.12. The molecule has 0 aliphatic rings. The third-order valence-corrected chi connectivity index (χ3v) is 6.99. The maximum Gasteiger partial charge on any atom is 0.317 e. The van der Waals surface area contributed by atoms with Crippen molar-refractivity contribution in [3.8, 4) is 0 Å². The molecule has 4 atom stereocenters. The second kappa shape index (κ2) is 9.56. The summed E-state index contributed by atoms with van der Waals surface area (Å²) in [6, 6.07) is 18.7. The Labute approximate surface area is 203 Å². The number of pyridine rings is 1. The summed E-state index contributed by atoms with van der Waals surface area (Å²) >= 11 is 0. The fourth-order valence-electron chi connectivity index (χ4n) is 5.12.